The van der Waals surface area contributed by atoms with Gasteiger partial charge in [0.25, 0.3) is 5.91 Å². The van der Waals surface area contributed by atoms with Crippen LogP contribution in [0.2, 0.25) is 0 Å². The molecule has 0 radical (unpaired) electrons. The predicted octanol–water partition coefficient (Wildman–Crippen LogP) is 2.76. The summed E-state index contributed by atoms with van der Waals surface area (Å²) in [5, 5.41) is 4.15. The van der Waals surface area contributed by atoms with Crippen LogP contribution >= 0.6 is 0 Å². The van der Waals surface area contributed by atoms with Gasteiger partial charge in [0, 0.05) is 44.2 Å². The number of rotatable bonds is 6. The summed E-state index contributed by atoms with van der Waals surface area (Å²) in [6, 6.07) is 2.28. The van der Waals surface area contributed by atoms with Crippen LogP contribution in [-0.4, -0.2) is 66.3 Å². The van der Waals surface area contributed by atoms with Crippen molar-refractivity contribution in [1.29, 1.82) is 0 Å². The lowest BCUT2D eigenvalue weighted by Gasteiger charge is -2.34. The molecular formula is C19H31N3O3. The lowest BCUT2D eigenvalue weighted by Crippen LogP contribution is -2.47. The molecular weight excluding hydrogens is 318 g/mol. The molecule has 1 aromatic rings. The number of ether oxygens (including phenoxy) is 1. The van der Waals surface area contributed by atoms with Crippen LogP contribution in [-0.2, 0) is 4.74 Å². The van der Waals surface area contributed by atoms with Crippen LogP contribution in [0.5, 0.6) is 0 Å². The van der Waals surface area contributed by atoms with Crippen molar-refractivity contribution in [2.24, 2.45) is 5.92 Å². The summed E-state index contributed by atoms with van der Waals surface area (Å²) in [7, 11) is 0. The molecule has 6 heteroatoms. The smallest absolute Gasteiger partial charge is 0.292 e. The summed E-state index contributed by atoms with van der Waals surface area (Å²) >= 11 is 0. The first-order chi connectivity index (χ1) is 12.2. The Labute approximate surface area is 150 Å². The molecule has 3 heterocycles. The second-order valence-electron chi connectivity index (χ2n) is 7.22. The third-order valence-electron chi connectivity index (χ3n) is 5.88. The molecule has 2 unspecified atom stereocenters. The van der Waals surface area contributed by atoms with Crippen molar-refractivity contribution in [1.82, 2.24) is 15.0 Å². The number of hydrogen-bond donors (Lipinski definition) is 0. The Morgan fingerprint density at radius 3 is 2.60 bits per heavy atom. The molecule has 1 amide bonds. The Hall–Kier alpha value is -1.40. The molecule has 0 aromatic carbocycles. The van der Waals surface area contributed by atoms with E-state index >= 15 is 0 Å². The molecule has 2 aliphatic heterocycles. The van der Waals surface area contributed by atoms with Crippen LogP contribution in [0, 0.1) is 5.92 Å². The highest BCUT2D eigenvalue weighted by Crippen LogP contribution is 2.28. The second kappa shape index (κ2) is 8.32. The molecule has 6 nitrogen and oxygen atoms in total. The number of morpholine rings is 1. The lowest BCUT2D eigenvalue weighted by molar-refractivity contribution is 0.0102. The van der Waals surface area contributed by atoms with Crippen LogP contribution in [0.3, 0.4) is 0 Å². The third-order valence-corrected chi connectivity index (χ3v) is 5.88. The van der Waals surface area contributed by atoms with E-state index in [1.165, 1.54) is 0 Å². The normalized spacial score (nSPS) is 25.0. The van der Waals surface area contributed by atoms with Crippen molar-refractivity contribution in [3.63, 3.8) is 0 Å². The van der Waals surface area contributed by atoms with Crippen LogP contribution < -0.4 is 0 Å². The summed E-state index contributed by atoms with van der Waals surface area (Å²) in [5.41, 5.74) is 0.907. The first-order valence-electron chi connectivity index (χ1n) is 9.75. The number of nitrogens with zero attached hydrogens (tertiary/aromatic N) is 3. The van der Waals surface area contributed by atoms with E-state index in [1.54, 1.807) is 0 Å². The molecule has 2 saturated heterocycles. The Morgan fingerprint density at radius 2 is 1.96 bits per heavy atom. The maximum atomic E-state index is 12.9. The maximum absolute atomic E-state index is 12.9. The number of hydrogen-bond acceptors (Lipinski definition) is 5. The average Bonchev–Trinajstić information content (AvgIpc) is 3.30. The summed E-state index contributed by atoms with van der Waals surface area (Å²) < 4.78 is 10.9. The average molecular weight is 349 g/mol. The Bertz CT molecular complexity index is 564. The van der Waals surface area contributed by atoms with Gasteiger partial charge < -0.3 is 14.2 Å². The number of carbonyl (C=O) groups is 1. The third kappa shape index (κ3) is 3.90. The fourth-order valence-corrected chi connectivity index (χ4v) is 4.19. The second-order valence-corrected chi connectivity index (χ2v) is 7.22. The molecule has 25 heavy (non-hydrogen) atoms. The van der Waals surface area contributed by atoms with Crippen molar-refractivity contribution in [2.45, 2.75) is 52.0 Å². The van der Waals surface area contributed by atoms with E-state index in [2.05, 4.69) is 30.8 Å². The van der Waals surface area contributed by atoms with Gasteiger partial charge in [0.15, 0.2) is 0 Å². The molecule has 0 spiro atoms. The van der Waals surface area contributed by atoms with Crippen LogP contribution in [0.1, 0.15) is 62.2 Å². The maximum Gasteiger partial charge on any atom is 0.292 e. The highest BCUT2D eigenvalue weighted by molar-refractivity contribution is 5.91. The van der Waals surface area contributed by atoms with Gasteiger partial charge in [-0.2, -0.15) is 0 Å². The summed E-state index contributed by atoms with van der Waals surface area (Å²) in [5.74, 6) is 1.26. The quantitative estimate of drug-likeness (QED) is 0.790. The number of aromatic nitrogens is 1. The molecule has 2 aliphatic rings. The molecule has 2 atom stereocenters. The molecule has 3 rings (SSSR count). The van der Waals surface area contributed by atoms with Gasteiger partial charge in [0.05, 0.1) is 18.9 Å². The minimum Gasteiger partial charge on any atom is -0.379 e. The Kier molecular flexibility index (Phi) is 6.12. The first kappa shape index (κ1) is 18.4. The zero-order chi connectivity index (χ0) is 17.8. The van der Waals surface area contributed by atoms with Gasteiger partial charge in [0.2, 0.25) is 5.76 Å². The van der Waals surface area contributed by atoms with Gasteiger partial charge in [-0.15, -0.1) is 0 Å². The van der Waals surface area contributed by atoms with Gasteiger partial charge in [0.1, 0.15) is 0 Å². The fourth-order valence-electron chi connectivity index (χ4n) is 4.19. The molecule has 0 bridgehead atoms. The van der Waals surface area contributed by atoms with E-state index < -0.39 is 0 Å². The highest BCUT2D eigenvalue weighted by atomic mass is 16.5. The zero-order valence-electron chi connectivity index (χ0n) is 15.7. The van der Waals surface area contributed by atoms with Crippen LogP contribution in [0.15, 0.2) is 10.6 Å². The van der Waals surface area contributed by atoms with Crippen molar-refractivity contribution < 1.29 is 14.1 Å². The van der Waals surface area contributed by atoms with Crippen molar-refractivity contribution in [3.8, 4) is 0 Å². The summed E-state index contributed by atoms with van der Waals surface area (Å²) in [6.45, 7) is 11.6. The molecule has 0 N–H and O–H groups in total. The Balaban J connectivity index is 1.68. The first-order valence-corrected chi connectivity index (χ1v) is 9.75. The Morgan fingerprint density at radius 1 is 1.24 bits per heavy atom. The standard InChI is InChI=1S/C19H31N3O3/c1-4-14(5-2)16-11-18(25-20-16)19(23)22-12-15(6-3)17(13-22)21-7-9-24-10-8-21/h11,14-15,17H,4-10,12-13H2,1-3H3. The number of likely N-dealkylation sites (tertiary alicyclic amines) is 1. The lowest BCUT2D eigenvalue weighted by atomic mass is 9.99. The van der Waals surface area contributed by atoms with Crippen molar-refractivity contribution >= 4 is 5.91 Å². The minimum absolute atomic E-state index is 0.0149. The van der Waals surface area contributed by atoms with E-state index in [0.717, 1.165) is 64.3 Å². The van der Waals surface area contributed by atoms with Gasteiger partial charge in [-0.3, -0.25) is 9.69 Å². The molecule has 1 aromatic heterocycles. The van der Waals surface area contributed by atoms with E-state index in [4.69, 9.17) is 9.26 Å². The van der Waals surface area contributed by atoms with E-state index in [-0.39, 0.29) is 5.91 Å². The van der Waals surface area contributed by atoms with Crippen LogP contribution in [0.4, 0.5) is 0 Å². The van der Waals surface area contributed by atoms with Gasteiger partial charge in [-0.05, 0) is 18.8 Å². The minimum atomic E-state index is -0.0149. The highest BCUT2D eigenvalue weighted by Gasteiger charge is 2.39. The monoisotopic (exact) mass is 349 g/mol. The number of amides is 1. The summed E-state index contributed by atoms with van der Waals surface area (Å²) in [6.07, 6.45) is 3.11. The summed E-state index contributed by atoms with van der Waals surface area (Å²) in [4.78, 5) is 17.3. The molecule has 0 aliphatic carbocycles. The largest absolute Gasteiger partial charge is 0.379 e. The van der Waals surface area contributed by atoms with Gasteiger partial charge in [-0.1, -0.05) is 32.3 Å². The van der Waals surface area contributed by atoms with E-state index in [9.17, 15) is 4.79 Å². The molecule has 2 fully saturated rings. The topological polar surface area (TPSA) is 58.8 Å². The zero-order valence-corrected chi connectivity index (χ0v) is 15.7. The van der Waals surface area contributed by atoms with E-state index in [1.807, 2.05) is 11.0 Å². The number of carbonyl (C=O) groups excluding carboxylic acids is 1. The predicted molar refractivity (Wildman–Crippen MR) is 95.7 cm³/mol. The van der Waals surface area contributed by atoms with Gasteiger partial charge in [-0.25, -0.2) is 0 Å². The van der Waals surface area contributed by atoms with Crippen molar-refractivity contribution in [3.05, 3.63) is 17.5 Å². The van der Waals surface area contributed by atoms with Crippen LogP contribution in [0.25, 0.3) is 0 Å². The van der Waals surface area contributed by atoms with Gasteiger partial charge >= 0.3 is 0 Å². The molecule has 0 saturated carbocycles. The fraction of sp³-hybridized carbons (Fsp3) is 0.789. The molecule has 140 valence electrons. The van der Waals surface area contributed by atoms with E-state index in [0.29, 0.717) is 23.6 Å². The SMILES string of the molecule is CCC(CC)c1cc(C(=O)N2CC(CC)C(N3CCOCC3)C2)on1. The van der Waals surface area contributed by atoms with Crippen molar-refractivity contribution in [2.75, 3.05) is 39.4 Å².